The third-order valence-electron chi connectivity index (χ3n) is 18.2. The fourth-order valence-electron chi connectivity index (χ4n) is 15.1. The summed E-state index contributed by atoms with van der Waals surface area (Å²) < 4.78 is 37.4. The van der Waals surface area contributed by atoms with Gasteiger partial charge in [-0.3, -0.25) is 28.8 Å². The van der Waals surface area contributed by atoms with Gasteiger partial charge in [-0.25, -0.2) is 9.18 Å². The maximum atomic E-state index is 17.4. The van der Waals surface area contributed by atoms with E-state index in [0.717, 1.165) is 5.57 Å². The average Bonchev–Trinajstić information content (AvgIpc) is 3.67. The van der Waals surface area contributed by atoms with Crippen LogP contribution in [0.2, 0.25) is 0 Å². The molecule has 8 rings (SSSR count). The maximum absolute atomic E-state index is 17.4. The second kappa shape index (κ2) is 16.4. The molecule has 354 valence electrons. The SMILES string of the molecule is CC1CC2C3CCC4=CC(=O)C=CC4(C)C3(F)C(O)CC2(C)C1C(=O)COC(=O)OCOC(=O)CC(N)C(=O)OCC(=O)C1(O)CCC2C3CCC4=CC(=O)C=CC4(C)C3C(O)CC21C. The van der Waals surface area contributed by atoms with Crippen molar-refractivity contribution in [2.45, 2.75) is 128 Å². The van der Waals surface area contributed by atoms with Crippen molar-refractivity contribution in [2.75, 3.05) is 20.0 Å². The monoisotopic (exact) mass is 907 g/mol. The van der Waals surface area contributed by atoms with Crippen LogP contribution in [0, 0.1) is 63.1 Å². The summed E-state index contributed by atoms with van der Waals surface area (Å²) in [5, 5.41) is 35.1. The standard InChI is InChI=1S/C49H62FNO14/c1-25-16-33-32-9-7-27-18-29(53)11-14-46(27,4)49(32,50)37(56)21-45(33,3)40(25)36(55)22-63-43(60)65-24-64-39(58)19-34(51)42(59)62-23-38(57)48(61)15-12-31-30-8-6-26-17-28(52)10-13-44(26,2)41(30)35(54)20-47(31,48)5/h10-11,13-14,17-18,25,30-35,37,40-41,54,56,61H,6-9,12,15-16,19-24,51H2,1-5H3. The van der Waals surface area contributed by atoms with Crippen molar-refractivity contribution in [3.63, 3.8) is 0 Å². The van der Waals surface area contributed by atoms with Gasteiger partial charge in [-0.05, 0) is 118 Å². The van der Waals surface area contributed by atoms with Gasteiger partial charge in [0, 0.05) is 34.0 Å². The highest BCUT2D eigenvalue weighted by Gasteiger charge is 2.72. The molecule has 0 bridgehead atoms. The van der Waals surface area contributed by atoms with Crippen LogP contribution in [0.4, 0.5) is 9.18 Å². The van der Waals surface area contributed by atoms with Gasteiger partial charge in [0.2, 0.25) is 12.6 Å². The number of allylic oxidation sites excluding steroid dienone is 8. The minimum atomic E-state index is -2.04. The Morgan fingerprint density at radius 1 is 0.846 bits per heavy atom. The number of hydrogen-bond acceptors (Lipinski definition) is 15. The number of nitrogens with two attached hydrogens (primary N) is 1. The molecule has 5 N–H and O–H groups in total. The highest BCUT2D eigenvalue weighted by atomic mass is 19.1. The van der Waals surface area contributed by atoms with Crippen LogP contribution in [0.1, 0.15) is 98.8 Å². The molecule has 0 saturated heterocycles. The number of fused-ring (bicyclic) bond motifs is 10. The molecule has 15 nitrogen and oxygen atoms in total. The summed E-state index contributed by atoms with van der Waals surface area (Å²) in [6.45, 7) is 6.90. The molecule has 6 fully saturated rings. The third kappa shape index (κ3) is 7.22. The van der Waals surface area contributed by atoms with E-state index in [2.05, 4.69) is 0 Å². The summed E-state index contributed by atoms with van der Waals surface area (Å²) in [5.74, 6) is -5.65. The summed E-state index contributed by atoms with van der Waals surface area (Å²) in [5.41, 5.74) is 0.0935. The average molecular weight is 908 g/mol. The molecule has 8 aliphatic carbocycles. The first kappa shape index (κ1) is 47.1. The minimum absolute atomic E-state index is 0.000762. The Morgan fingerprint density at radius 3 is 2.25 bits per heavy atom. The summed E-state index contributed by atoms with van der Waals surface area (Å²) in [7, 11) is 0. The van der Waals surface area contributed by atoms with Gasteiger partial charge < -0.3 is 40.0 Å². The summed E-state index contributed by atoms with van der Waals surface area (Å²) >= 11 is 0. The lowest BCUT2D eigenvalue weighted by molar-refractivity contribution is -0.196. The van der Waals surface area contributed by atoms with E-state index in [-0.39, 0.29) is 60.4 Å². The number of ether oxygens (including phenoxy) is 4. The zero-order valence-electron chi connectivity index (χ0n) is 37.7. The van der Waals surface area contributed by atoms with Crippen LogP contribution in [0.5, 0.6) is 0 Å². The first-order valence-electron chi connectivity index (χ1n) is 23.0. The molecule has 16 unspecified atom stereocenters. The van der Waals surface area contributed by atoms with E-state index in [0.29, 0.717) is 44.1 Å². The molecule has 16 heteroatoms. The topological polar surface area (TPSA) is 243 Å². The van der Waals surface area contributed by atoms with Crippen molar-refractivity contribution in [1.82, 2.24) is 0 Å². The Balaban J connectivity index is 0.778. The van der Waals surface area contributed by atoms with Crippen LogP contribution in [0.25, 0.3) is 0 Å². The number of aliphatic hydroxyl groups is 3. The number of rotatable bonds is 11. The summed E-state index contributed by atoms with van der Waals surface area (Å²) in [6.07, 6.45) is 8.71. The Bertz CT molecular complexity index is 2200. The molecule has 6 saturated carbocycles. The number of hydrogen-bond donors (Lipinski definition) is 4. The molecule has 0 aliphatic heterocycles. The Morgan fingerprint density at radius 2 is 1.52 bits per heavy atom. The lowest BCUT2D eigenvalue weighted by Gasteiger charge is -2.61. The molecule has 0 heterocycles. The molecule has 0 amide bonds. The Labute approximate surface area is 377 Å². The van der Waals surface area contributed by atoms with Crippen molar-refractivity contribution >= 4 is 41.2 Å². The molecular formula is C49H62FNO14. The predicted molar refractivity (Wildman–Crippen MR) is 226 cm³/mol. The highest BCUT2D eigenvalue weighted by Crippen LogP contribution is 2.70. The zero-order valence-corrected chi connectivity index (χ0v) is 37.7. The molecule has 0 aromatic rings. The van der Waals surface area contributed by atoms with Crippen LogP contribution in [0.15, 0.2) is 47.6 Å². The van der Waals surface area contributed by atoms with E-state index in [1.165, 1.54) is 18.2 Å². The van der Waals surface area contributed by atoms with Crippen molar-refractivity contribution in [2.24, 2.45) is 68.8 Å². The molecule has 8 aliphatic rings. The molecule has 0 spiro atoms. The van der Waals surface area contributed by atoms with Crippen molar-refractivity contribution < 1.29 is 72.2 Å². The number of aliphatic hydroxyl groups excluding tert-OH is 2. The minimum Gasteiger partial charge on any atom is -0.456 e. The second-order valence-corrected chi connectivity index (χ2v) is 21.3. The van der Waals surface area contributed by atoms with Gasteiger partial charge in [0.25, 0.3) is 0 Å². The number of alkyl halides is 1. The first-order chi connectivity index (χ1) is 30.4. The molecule has 0 aromatic heterocycles. The fraction of sp³-hybridized carbons (Fsp3) is 0.694. The smallest absolute Gasteiger partial charge is 0.456 e. The van der Waals surface area contributed by atoms with Crippen LogP contribution < -0.4 is 5.73 Å². The maximum Gasteiger partial charge on any atom is 0.511 e. The summed E-state index contributed by atoms with van der Waals surface area (Å²) in [6, 6.07) is -1.57. The van der Waals surface area contributed by atoms with E-state index in [1.807, 2.05) is 26.8 Å². The normalized spacial score (nSPS) is 43.8. The number of esters is 2. The van der Waals surface area contributed by atoms with Gasteiger partial charge in [-0.1, -0.05) is 51.0 Å². The van der Waals surface area contributed by atoms with Crippen molar-refractivity contribution in [1.29, 1.82) is 0 Å². The largest absolute Gasteiger partial charge is 0.511 e. The second-order valence-electron chi connectivity index (χ2n) is 21.3. The van der Waals surface area contributed by atoms with E-state index in [4.69, 9.17) is 24.7 Å². The van der Waals surface area contributed by atoms with Crippen molar-refractivity contribution in [3.8, 4) is 0 Å². The highest BCUT2D eigenvalue weighted by molar-refractivity contribution is 6.02. The van der Waals surface area contributed by atoms with Crippen LogP contribution in [-0.4, -0.2) is 106 Å². The van der Waals surface area contributed by atoms with Gasteiger partial charge in [0.05, 0.1) is 18.6 Å². The number of ketones is 4. The van der Waals surface area contributed by atoms with Crippen LogP contribution in [-0.2, 0) is 47.7 Å². The van der Waals surface area contributed by atoms with E-state index in [1.54, 1.807) is 26.0 Å². The molecule has 0 radical (unpaired) electrons. The van der Waals surface area contributed by atoms with Gasteiger partial charge in [0.15, 0.2) is 36.2 Å². The number of carbonyl (C=O) groups excluding carboxylic acids is 7. The molecule has 0 aromatic carbocycles. The quantitative estimate of drug-likeness (QED) is 0.128. The zero-order chi connectivity index (χ0) is 47.2. The first-order valence-corrected chi connectivity index (χ1v) is 23.0. The number of carbonyl (C=O) groups is 7. The fourth-order valence-corrected chi connectivity index (χ4v) is 15.1. The van der Waals surface area contributed by atoms with Gasteiger partial charge >= 0.3 is 18.1 Å². The lowest BCUT2D eigenvalue weighted by atomic mass is 9.45. The summed E-state index contributed by atoms with van der Waals surface area (Å²) in [4.78, 5) is 89.4. The van der Waals surface area contributed by atoms with Gasteiger partial charge in [-0.15, -0.1) is 0 Å². The lowest BCUT2D eigenvalue weighted by Crippen LogP contribution is -2.66. The molecule has 65 heavy (non-hydrogen) atoms. The van der Waals surface area contributed by atoms with E-state index < -0.39 is 119 Å². The number of halogens is 1. The van der Waals surface area contributed by atoms with Crippen molar-refractivity contribution in [3.05, 3.63) is 47.6 Å². The third-order valence-corrected chi connectivity index (χ3v) is 18.2. The van der Waals surface area contributed by atoms with Crippen LogP contribution >= 0.6 is 0 Å². The predicted octanol–water partition coefficient (Wildman–Crippen LogP) is 4.28. The van der Waals surface area contributed by atoms with E-state index in [9.17, 15) is 48.9 Å². The number of Topliss-reactive ketones (excluding diaryl/α,β-unsaturated/α-hetero) is 2. The molecule has 16 atom stereocenters. The molecular weight excluding hydrogens is 846 g/mol. The Hall–Kier alpha value is -4.38. The Kier molecular flexibility index (Phi) is 11.9. The van der Waals surface area contributed by atoms with E-state index >= 15 is 4.39 Å². The van der Waals surface area contributed by atoms with Gasteiger partial charge in [0.1, 0.15) is 11.6 Å². The van der Waals surface area contributed by atoms with Crippen LogP contribution in [0.3, 0.4) is 0 Å². The van der Waals surface area contributed by atoms with Gasteiger partial charge in [-0.2, -0.15) is 0 Å².